The molecule has 1 aromatic heterocycles. The molecule has 0 saturated carbocycles. The third-order valence-corrected chi connectivity index (χ3v) is 3.71. The Bertz CT molecular complexity index is 778. The molecule has 2 amide bonds. The van der Waals surface area contributed by atoms with Crippen LogP contribution >= 0.6 is 0 Å². The fourth-order valence-corrected chi connectivity index (χ4v) is 2.76. The van der Waals surface area contributed by atoms with Crippen LogP contribution in [0.25, 0.3) is 10.9 Å². The van der Waals surface area contributed by atoms with E-state index in [-0.39, 0.29) is 23.9 Å². The molecule has 7 heteroatoms. The molecule has 1 aliphatic heterocycles. The van der Waals surface area contributed by atoms with Crippen molar-refractivity contribution < 1.29 is 19.5 Å². The molecule has 7 nitrogen and oxygen atoms in total. The van der Waals surface area contributed by atoms with Crippen LogP contribution in [0.15, 0.2) is 18.2 Å². The number of rotatable bonds is 2. The zero-order valence-electron chi connectivity index (χ0n) is 11.3. The van der Waals surface area contributed by atoms with Crippen molar-refractivity contribution in [2.45, 2.75) is 18.8 Å². The summed E-state index contributed by atoms with van der Waals surface area (Å²) in [4.78, 5) is 34.5. The molecule has 1 atom stereocenters. The van der Waals surface area contributed by atoms with Gasteiger partial charge in [0.2, 0.25) is 11.8 Å². The second-order valence-electron chi connectivity index (χ2n) is 5.02. The van der Waals surface area contributed by atoms with E-state index in [0.717, 1.165) is 0 Å². The number of nitrogens with one attached hydrogen (secondary N) is 1. The minimum atomic E-state index is -1.07. The smallest absolute Gasteiger partial charge is 0.354 e. The van der Waals surface area contributed by atoms with Crippen molar-refractivity contribution in [3.05, 3.63) is 29.5 Å². The number of carbonyl (C=O) groups is 3. The summed E-state index contributed by atoms with van der Waals surface area (Å²) in [6, 6.07) is 5.12. The Morgan fingerprint density at radius 1 is 1.43 bits per heavy atom. The largest absolute Gasteiger partial charge is 0.477 e. The Hall–Kier alpha value is -2.70. The maximum Gasteiger partial charge on any atom is 0.354 e. The van der Waals surface area contributed by atoms with Gasteiger partial charge in [-0.3, -0.25) is 19.6 Å². The molecule has 0 aliphatic carbocycles. The van der Waals surface area contributed by atoms with Crippen molar-refractivity contribution >= 4 is 28.7 Å². The zero-order chi connectivity index (χ0) is 15.1. The van der Waals surface area contributed by atoms with Crippen molar-refractivity contribution in [2.75, 3.05) is 0 Å². The number of hydrogen-bond donors (Lipinski definition) is 2. The minimum Gasteiger partial charge on any atom is -0.477 e. The van der Waals surface area contributed by atoms with Crippen molar-refractivity contribution in [1.29, 1.82) is 0 Å². The summed E-state index contributed by atoms with van der Waals surface area (Å²) in [6.45, 7) is 0. The van der Waals surface area contributed by atoms with E-state index < -0.39 is 11.9 Å². The molecule has 1 fully saturated rings. The van der Waals surface area contributed by atoms with Crippen LogP contribution in [0.1, 0.15) is 34.8 Å². The highest BCUT2D eigenvalue weighted by atomic mass is 16.4. The number of aryl methyl sites for hydroxylation is 1. The van der Waals surface area contributed by atoms with Gasteiger partial charge in [0.05, 0.1) is 11.4 Å². The summed E-state index contributed by atoms with van der Waals surface area (Å²) in [5, 5.41) is 16.3. The first kappa shape index (κ1) is 13.3. The number of carboxylic acid groups (broad SMARTS) is 1. The van der Waals surface area contributed by atoms with Crippen LogP contribution < -0.4 is 5.32 Å². The maximum atomic E-state index is 12.0. The molecule has 0 radical (unpaired) electrons. The lowest BCUT2D eigenvalue weighted by Crippen LogP contribution is -2.39. The van der Waals surface area contributed by atoms with E-state index in [9.17, 15) is 19.5 Å². The van der Waals surface area contributed by atoms with Gasteiger partial charge in [-0.05, 0) is 12.0 Å². The van der Waals surface area contributed by atoms with E-state index in [0.29, 0.717) is 22.9 Å². The van der Waals surface area contributed by atoms with Crippen molar-refractivity contribution in [3.63, 3.8) is 0 Å². The maximum absolute atomic E-state index is 12.0. The van der Waals surface area contributed by atoms with Crippen molar-refractivity contribution in [1.82, 2.24) is 15.1 Å². The summed E-state index contributed by atoms with van der Waals surface area (Å²) in [6.07, 6.45) is 0.675. The molecular formula is C14H13N3O4. The predicted molar refractivity (Wildman–Crippen MR) is 72.8 cm³/mol. The number of hydrogen-bond acceptors (Lipinski definition) is 4. The summed E-state index contributed by atoms with van der Waals surface area (Å²) in [5.74, 6) is -2.19. The lowest BCUT2D eigenvalue weighted by Gasteiger charge is -2.21. The van der Waals surface area contributed by atoms with Gasteiger partial charge in [0, 0.05) is 18.9 Å². The highest BCUT2D eigenvalue weighted by Gasteiger charge is 2.30. The van der Waals surface area contributed by atoms with E-state index in [1.807, 2.05) is 0 Å². The molecule has 1 unspecified atom stereocenters. The van der Waals surface area contributed by atoms with Crippen LogP contribution in [0, 0.1) is 0 Å². The van der Waals surface area contributed by atoms with Crippen molar-refractivity contribution in [2.24, 2.45) is 7.05 Å². The van der Waals surface area contributed by atoms with Gasteiger partial charge in [0.15, 0.2) is 5.69 Å². The number of benzene rings is 1. The molecule has 3 rings (SSSR count). The number of aromatic nitrogens is 2. The molecule has 2 N–H and O–H groups in total. The Kier molecular flexibility index (Phi) is 2.97. The van der Waals surface area contributed by atoms with Crippen LogP contribution in [0.2, 0.25) is 0 Å². The number of piperidine rings is 1. The van der Waals surface area contributed by atoms with E-state index in [2.05, 4.69) is 10.4 Å². The summed E-state index contributed by atoms with van der Waals surface area (Å²) < 4.78 is 1.29. The number of fused-ring (bicyclic) bond motifs is 1. The van der Waals surface area contributed by atoms with Crippen LogP contribution in [0.4, 0.5) is 0 Å². The Morgan fingerprint density at radius 3 is 2.86 bits per heavy atom. The van der Waals surface area contributed by atoms with E-state index in [1.165, 1.54) is 4.68 Å². The monoisotopic (exact) mass is 287 g/mol. The van der Waals surface area contributed by atoms with Gasteiger partial charge in [0.25, 0.3) is 0 Å². The topological polar surface area (TPSA) is 101 Å². The first-order valence-corrected chi connectivity index (χ1v) is 6.51. The highest BCUT2D eigenvalue weighted by molar-refractivity contribution is 6.05. The average Bonchev–Trinajstić information content (AvgIpc) is 2.75. The van der Waals surface area contributed by atoms with Gasteiger partial charge in [-0.2, -0.15) is 5.10 Å². The summed E-state index contributed by atoms with van der Waals surface area (Å²) in [5.41, 5.74) is 1.23. The second kappa shape index (κ2) is 4.69. The highest BCUT2D eigenvalue weighted by Crippen LogP contribution is 2.31. The van der Waals surface area contributed by atoms with Crippen LogP contribution in [-0.2, 0) is 16.6 Å². The SMILES string of the molecule is Cn1nc2c(C3CCC(=O)NC3=O)cccc2c1C(=O)O. The third-order valence-electron chi connectivity index (χ3n) is 3.71. The van der Waals surface area contributed by atoms with Gasteiger partial charge in [-0.1, -0.05) is 18.2 Å². The first-order valence-electron chi connectivity index (χ1n) is 6.51. The number of carbonyl (C=O) groups excluding carboxylic acids is 2. The Balaban J connectivity index is 2.16. The number of imide groups is 1. The van der Waals surface area contributed by atoms with Gasteiger partial charge in [0.1, 0.15) is 0 Å². The minimum absolute atomic E-state index is 0.0825. The molecule has 1 aromatic carbocycles. The molecule has 2 aromatic rings. The quantitative estimate of drug-likeness (QED) is 0.795. The van der Waals surface area contributed by atoms with Crippen LogP contribution in [0.3, 0.4) is 0 Å². The number of carboxylic acids is 1. The molecule has 1 aliphatic rings. The average molecular weight is 287 g/mol. The number of aromatic carboxylic acids is 1. The fourth-order valence-electron chi connectivity index (χ4n) is 2.76. The number of amides is 2. The predicted octanol–water partition coefficient (Wildman–Crippen LogP) is 0.792. The first-order chi connectivity index (χ1) is 9.99. The van der Waals surface area contributed by atoms with Gasteiger partial charge in [-0.15, -0.1) is 0 Å². The molecular weight excluding hydrogens is 274 g/mol. The van der Waals surface area contributed by atoms with E-state index in [1.54, 1.807) is 25.2 Å². The van der Waals surface area contributed by atoms with Crippen LogP contribution in [-0.4, -0.2) is 32.7 Å². The number of nitrogens with zero attached hydrogens (tertiary/aromatic N) is 2. The second-order valence-corrected chi connectivity index (χ2v) is 5.02. The Morgan fingerprint density at radius 2 is 2.19 bits per heavy atom. The lowest BCUT2D eigenvalue weighted by atomic mass is 9.89. The molecule has 0 spiro atoms. The van der Waals surface area contributed by atoms with E-state index in [4.69, 9.17) is 0 Å². The van der Waals surface area contributed by atoms with Gasteiger partial charge in [-0.25, -0.2) is 4.79 Å². The molecule has 2 heterocycles. The summed E-state index contributed by atoms with van der Waals surface area (Å²) >= 11 is 0. The van der Waals surface area contributed by atoms with Crippen LogP contribution in [0.5, 0.6) is 0 Å². The standard InChI is InChI=1S/C14H13N3O4/c1-17-12(14(20)21)9-4-2-3-7(11(9)16-17)8-5-6-10(18)15-13(8)19/h2-4,8H,5-6H2,1H3,(H,20,21)(H,15,18,19). The van der Waals surface area contributed by atoms with Crippen molar-refractivity contribution in [3.8, 4) is 0 Å². The normalized spacial score (nSPS) is 18.8. The zero-order valence-corrected chi connectivity index (χ0v) is 11.3. The molecule has 21 heavy (non-hydrogen) atoms. The fraction of sp³-hybridized carbons (Fsp3) is 0.286. The third kappa shape index (κ3) is 2.06. The molecule has 1 saturated heterocycles. The molecule has 108 valence electrons. The molecule has 0 bridgehead atoms. The van der Waals surface area contributed by atoms with Gasteiger partial charge >= 0.3 is 5.97 Å². The van der Waals surface area contributed by atoms with Gasteiger partial charge < -0.3 is 5.11 Å². The summed E-state index contributed by atoms with van der Waals surface area (Å²) in [7, 11) is 1.55. The van der Waals surface area contributed by atoms with E-state index >= 15 is 0 Å². The Labute approximate surface area is 119 Å². The lowest BCUT2D eigenvalue weighted by molar-refractivity contribution is -0.134.